The molecule has 1 aromatic heterocycles. The van der Waals surface area contributed by atoms with Gasteiger partial charge < -0.3 is 5.32 Å². The summed E-state index contributed by atoms with van der Waals surface area (Å²) in [5.74, 6) is 1.21. The third kappa shape index (κ3) is 5.90. The quantitative estimate of drug-likeness (QED) is 0.610. The number of hydrogen-bond acceptors (Lipinski definition) is 3. The predicted octanol–water partition coefficient (Wildman–Crippen LogP) is 5.20. The van der Waals surface area contributed by atoms with Crippen molar-refractivity contribution in [3.63, 3.8) is 0 Å². The van der Waals surface area contributed by atoms with Crippen molar-refractivity contribution in [1.82, 2.24) is 4.98 Å². The molecule has 3 rings (SSSR count). The van der Waals surface area contributed by atoms with Crippen LogP contribution in [0.15, 0.2) is 73.1 Å². The van der Waals surface area contributed by atoms with Crippen molar-refractivity contribution in [2.45, 2.75) is 12.2 Å². The van der Waals surface area contributed by atoms with Crippen LogP contribution in [0.25, 0.3) is 0 Å². The first-order chi connectivity index (χ1) is 12.7. The maximum Gasteiger partial charge on any atom is 0.234 e. The highest BCUT2D eigenvalue weighted by atomic mass is 35.5. The number of pyridine rings is 1. The van der Waals surface area contributed by atoms with Crippen LogP contribution in [0.5, 0.6) is 0 Å². The van der Waals surface area contributed by atoms with Gasteiger partial charge in [0.25, 0.3) is 0 Å². The Morgan fingerprint density at radius 1 is 0.885 bits per heavy atom. The van der Waals surface area contributed by atoms with Gasteiger partial charge in [-0.2, -0.15) is 0 Å². The van der Waals surface area contributed by atoms with E-state index < -0.39 is 0 Å². The number of amides is 1. The van der Waals surface area contributed by atoms with Crippen LogP contribution in [-0.2, 0) is 17.0 Å². The molecule has 0 aliphatic carbocycles. The number of nitrogens with zero attached hydrogens (tertiary/aromatic N) is 1. The van der Waals surface area contributed by atoms with Crippen LogP contribution >= 0.6 is 23.4 Å². The Morgan fingerprint density at radius 3 is 2.19 bits per heavy atom. The molecule has 5 heteroatoms. The summed E-state index contributed by atoms with van der Waals surface area (Å²) in [5.41, 5.74) is 4.40. The van der Waals surface area contributed by atoms with E-state index in [1.54, 1.807) is 24.2 Å². The average molecular weight is 383 g/mol. The van der Waals surface area contributed by atoms with Crippen LogP contribution in [0.2, 0.25) is 5.02 Å². The lowest BCUT2D eigenvalue weighted by Crippen LogP contribution is -2.14. The largest absolute Gasteiger partial charge is 0.325 e. The Balaban J connectivity index is 1.44. The zero-order valence-corrected chi connectivity index (χ0v) is 15.8. The second kappa shape index (κ2) is 9.41. The first-order valence-corrected chi connectivity index (χ1v) is 9.82. The molecule has 0 unspecified atom stereocenters. The molecular formula is C21H19ClN2OS. The molecule has 1 heterocycles. The number of hydrogen-bond donors (Lipinski definition) is 1. The molecule has 2 aromatic carbocycles. The summed E-state index contributed by atoms with van der Waals surface area (Å²) in [6.45, 7) is 0. The van der Waals surface area contributed by atoms with E-state index in [0.717, 1.165) is 28.4 Å². The Morgan fingerprint density at radius 2 is 1.50 bits per heavy atom. The van der Waals surface area contributed by atoms with Gasteiger partial charge in [-0.05, 0) is 59.5 Å². The summed E-state index contributed by atoms with van der Waals surface area (Å²) in [6, 6.07) is 19.7. The maximum absolute atomic E-state index is 12.1. The molecule has 0 atom stereocenters. The molecule has 0 saturated carbocycles. The SMILES string of the molecule is O=C(CSCc1ccc(Cl)cc1)Nc1ccc(Cc2ccncc2)cc1. The molecule has 1 amide bonds. The number of carbonyl (C=O) groups is 1. The molecule has 3 aromatic rings. The molecule has 0 aliphatic rings. The zero-order chi connectivity index (χ0) is 18.2. The lowest BCUT2D eigenvalue weighted by atomic mass is 10.1. The van der Waals surface area contributed by atoms with Gasteiger partial charge in [0.05, 0.1) is 5.75 Å². The zero-order valence-electron chi connectivity index (χ0n) is 14.2. The number of anilines is 1. The van der Waals surface area contributed by atoms with Crippen molar-refractivity contribution in [2.75, 3.05) is 11.1 Å². The van der Waals surface area contributed by atoms with E-state index in [1.165, 1.54) is 11.1 Å². The van der Waals surface area contributed by atoms with Crippen molar-refractivity contribution >= 4 is 35.0 Å². The van der Waals surface area contributed by atoms with Gasteiger partial charge in [0.2, 0.25) is 5.91 Å². The molecule has 0 bridgehead atoms. The van der Waals surface area contributed by atoms with E-state index >= 15 is 0 Å². The van der Waals surface area contributed by atoms with E-state index in [4.69, 9.17) is 11.6 Å². The second-order valence-corrected chi connectivity index (χ2v) is 7.32. The number of rotatable bonds is 7. The van der Waals surface area contributed by atoms with Crippen molar-refractivity contribution < 1.29 is 4.79 Å². The van der Waals surface area contributed by atoms with E-state index in [2.05, 4.69) is 10.3 Å². The van der Waals surface area contributed by atoms with Gasteiger partial charge in [-0.25, -0.2) is 0 Å². The Kier molecular flexibility index (Phi) is 6.69. The highest BCUT2D eigenvalue weighted by Crippen LogP contribution is 2.17. The van der Waals surface area contributed by atoms with Gasteiger partial charge in [-0.1, -0.05) is 35.9 Å². The van der Waals surface area contributed by atoms with Gasteiger partial charge in [0, 0.05) is 28.9 Å². The normalized spacial score (nSPS) is 10.5. The molecule has 0 saturated heterocycles. The number of carbonyl (C=O) groups excluding carboxylic acids is 1. The highest BCUT2D eigenvalue weighted by molar-refractivity contribution is 7.99. The van der Waals surface area contributed by atoms with Gasteiger partial charge in [-0.15, -0.1) is 11.8 Å². The topological polar surface area (TPSA) is 42.0 Å². The molecule has 3 nitrogen and oxygen atoms in total. The minimum atomic E-state index is 0.00541. The maximum atomic E-state index is 12.1. The van der Waals surface area contributed by atoms with Crippen molar-refractivity contribution in [2.24, 2.45) is 0 Å². The van der Waals surface area contributed by atoms with Crippen LogP contribution in [0, 0.1) is 0 Å². The summed E-state index contributed by atoms with van der Waals surface area (Å²) < 4.78 is 0. The molecule has 132 valence electrons. The van der Waals surface area contributed by atoms with Crippen LogP contribution in [0.4, 0.5) is 5.69 Å². The van der Waals surface area contributed by atoms with Crippen molar-refractivity contribution in [1.29, 1.82) is 0 Å². The van der Waals surface area contributed by atoms with Gasteiger partial charge in [-0.3, -0.25) is 9.78 Å². The van der Waals surface area contributed by atoms with E-state index in [-0.39, 0.29) is 5.91 Å². The van der Waals surface area contributed by atoms with E-state index in [1.807, 2.05) is 60.7 Å². The second-order valence-electron chi connectivity index (χ2n) is 5.90. The molecule has 0 spiro atoms. The lowest BCUT2D eigenvalue weighted by Gasteiger charge is -2.07. The predicted molar refractivity (Wildman–Crippen MR) is 110 cm³/mol. The molecule has 0 aliphatic heterocycles. The molecular weight excluding hydrogens is 364 g/mol. The van der Waals surface area contributed by atoms with Gasteiger partial charge in [0.1, 0.15) is 0 Å². The van der Waals surface area contributed by atoms with Crippen molar-refractivity contribution in [3.05, 3.63) is 94.8 Å². The van der Waals surface area contributed by atoms with Crippen LogP contribution in [0.3, 0.4) is 0 Å². The minimum absolute atomic E-state index is 0.00541. The summed E-state index contributed by atoms with van der Waals surface area (Å²) in [7, 11) is 0. The summed E-state index contributed by atoms with van der Waals surface area (Å²) in [4.78, 5) is 16.1. The van der Waals surface area contributed by atoms with Crippen molar-refractivity contribution in [3.8, 4) is 0 Å². The van der Waals surface area contributed by atoms with Crippen LogP contribution in [0.1, 0.15) is 16.7 Å². The number of nitrogens with one attached hydrogen (secondary N) is 1. The fourth-order valence-electron chi connectivity index (χ4n) is 2.48. The highest BCUT2D eigenvalue weighted by Gasteiger charge is 2.04. The fraction of sp³-hybridized carbons (Fsp3) is 0.143. The average Bonchev–Trinajstić information content (AvgIpc) is 2.66. The number of halogens is 1. The standard InChI is InChI=1S/C21H19ClN2OS/c22-19-5-1-18(2-6-19)14-26-15-21(25)24-20-7-3-16(4-8-20)13-17-9-11-23-12-10-17/h1-12H,13-15H2,(H,24,25). The first kappa shape index (κ1) is 18.5. The number of benzene rings is 2. The summed E-state index contributed by atoms with van der Waals surface area (Å²) >= 11 is 7.45. The van der Waals surface area contributed by atoms with Crippen LogP contribution < -0.4 is 5.32 Å². The van der Waals surface area contributed by atoms with Crippen LogP contribution in [-0.4, -0.2) is 16.6 Å². The van der Waals surface area contributed by atoms with Gasteiger partial charge >= 0.3 is 0 Å². The van der Waals surface area contributed by atoms with E-state index in [9.17, 15) is 4.79 Å². The summed E-state index contributed by atoms with van der Waals surface area (Å²) in [6.07, 6.45) is 4.45. The Bertz CT molecular complexity index is 836. The lowest BCUT2D eigenvalue weighted by molar-refractivity contribution is -0.113. The third-order valence-electron chi connectivity index (χ3n) is 3.81. The minimum Gasteiger partial charge on any atom is -0.325 e. The van der Waals surface area contributed by atoms with E-state index in [0.29, 0.717) is 5.75 Å². The molecule has 0 radical (unpaired) electrons. The first-order valence-electron chi connectivity index (χ1n) is 8.29. The van der Waals surface area contributed by atoms with Gasteiger partial charge in [0.15, 0.2) is 0 Å². The molecule has 26 heavy (non-hydrogen) atoms. The number of thioether (sulfide) groups is 1. The Labute approximate surface area is 162 Å². The molecule has 1 N–H and O–H groups in total. The fourth-order valence-corrected chi connectivity index (χ4v) is 3.40. The molecule has 0 fully saturated rings. The number of aromatic nitrogens is 1. The smallest absolute Gasteiger partial charge is 0.234 e. The third-order valence-corrected chi connectivity index (χ3v) is 5.07. The Hall–Kier alpha value is -2.30. The monoisotopic (exact) mass is 382 g/mol. The summed E-state index contributed by atoms with van der Waals surface area (Å²) in [5, 5.41) is 3.66.